The first-order chi connectivity index (χ1) is 14.4. The van der Waals surface area contributed by atoms with E-state index in [2.05, 4.69) is 10.6 Å². The minimum absolute atomic E-state index is 0.0105. The molecule has 0 aliphatic carbocycles. The Labute approximate surface area is 180 Å². The first kappa shape index (κ1) is 20.5. The fourth-order valence-corrected chi connectivity index (χ4v) is 4.53. The Balaban J connectivity index is 1.62. The van der Waals surface area contributed by atoms with Gasteiger partial charge in [0.15, 0.2) is 0 Å². The number of carbonyl (C=O) groups is 2. The van der Waals surface area contributed by atoms with Crippen LogP contribution in [0.1, 0.15) is 25.3 Å². The Morgan fingerprint density at radius 2 is 1.83 bits per heavy atom. The molecule has 30 heavy (non-hydrogen) atoms. The molecule has 4 rings (SSSR count). The third kappa shape index (κ3) is 3.59. The standard InChI is InChI=1S/C22H25ClN4O3/c1-13(2)24-22(30)27-18-11-26(21(29)25-15-9-7-14(23)8-10-15)17-6-4-3-5-16(17)20(18)19(27)12-28/h3-10,13,18-20,28H,11-12H2,1-2H3,(H,24,30)(H,25,29)/t18-,19+,20+/m0/s1. The monoisotopic (exact) mass is 428 g/mol. The molecule has 4 amide bonds. The van der Waals surface area contributed by atoms with Crippen molar-refractivity contribution in [1.29, 1.82) is 0 Å². The van der Waals surface area contributed by atoms with Crippen LogP contribution in [0.2, 0.25) is 5.02 Å². The van der Waals surface area contributed by atoms with E-state index in [1.165, 1.54) is 0 Å². The Bertz CT molecular complexity index is 950. The van der Waals surface area contributed by atoms with Gasteiger partial charge in [0.25, 0.3) is 0 Å². The summed E-state index contributed by atoms with van der Waals surface area (Å²) in [6.07, 6.45) is 0. The second-order valence-electron chi connectivity index (χ2n) is 7.96. The highest BCUT2D eigenvalue weighted by molar-refractivity contribution is 6.30. The SMILES string of the molecule is CC(C)NC(=O)N1[C@H](CO)[C@@H]2c3ccccc3N(C(=O)Nc3ccc(Cl)cc3)C[C@@H]21. The normalized spacial score (nSPS) is 22.1. The predicted molar refractivity (Wildman–Crippen MR) is 117 cm³/mol. The summed E-state index contributed by atoms with van der Waals surface area (Å²) in [5, 5.41) is 16.4. The third-order valence-electron chi connectivity index (χ3n) is 5.67. The fraction of sp³-hybridized carbons (Fsp3) is 0.364. The van der Waals surface area contributed by atoms with Gasteiger partial charge in [0.2, 0.25) is 0 Å². The van der Waals surface area contributed by atoms with Crippen molar-refractivity contribution < 1.29 is 14.7 Å². The summed E-state index contributed by atoms with van der Waals surface area (Å²) in [6.45, 7) is 4.01. The summed E-state index contributed by atoms with van der Waals surface area (Å²) in [7, 11) is 0. The summed E-state index contributed by atoms with van der Waals surface area (Å²) in [6, 6.07) is 13.6. The summed E-state index contributed by atoms with van der Waals surface area (Å²) >= 11 is 5.93. The zero-order valence-electron chi connectivity index (χ0n) is 16.9. The van der Waals surface area contributed by atoms with E-state index in [9.17, 15) is 14.7 Å². The number of nitrogens with zero attached hydrogens (tertiary/aromatic N) is 2. The molecule has 2 aromatic rings. The molecule has 3 atom stereocenters. The average Bonchev–Trinajstić information content (AvgIpc) is 2.69. The van der Waals surface area contributed by atoms with Crippen molar-refractivity contribution in [3.05, 3.63) is 59.1 Å². The molecule has 2 aliphatic rings. The lowest BCUT2D eigenvalue weighted by Crippen LogP contribution is -2.72. The topological polar surface area (TPSA) is 84.9 Å². The maximum atomic E-state index is 13.1. The summed E-state index contributed by atoms with van der Waals surface area (Å²) < 4.78 is 0. The number of nitrogens with one attached hydrogen (secondary N) is 2. The molecule has 158 valence electrons. The number of rotatable bonds is 3. The van der Waals surface area contributed by atoms with Crippen molar-refractivity contribution in [2.45, 2.75) is 37.9 Å². The van der Waals surface area contributed by atoms with Gasteiger partial charge in [-0.3, -0.25) is 4.90 Å². The molecular weight excluding hydrogens is 404 g/mol. The van der Waals surface area contributed by atoms with E-state index in [-0.39, 0.29) is 42.7 Å². The van der Waals surface area contributed by atoms with Crippen molar-refractivity contribution in [2.75, 3.05) is 23.4 Å². The van der Waals surface area contributed by atoms with E-state index in [1.54, 1.807) is 34.1 Å². The number of aliphatic hydroxyl groups is 1. The van der Waals surface area contributed by atoms with E-state index in [0.29, 0.717) is 17.3 Å². The van der Waals surface area contributed by atoms with Gasteiger partial charge in [-0.15, -0.1) is 0 Å². The number of aliphatic hydroxyl groups excluding tert-OH is 1. The number of hydrogen-bond donors (Lipinski definition) is 3. The summed E-state index contributed by atoms with van der Waals surface area (Å²) in [4.78, 5) is 29.2. The van der Waals surface area contributed by atoms with Crippen LogP contribution in [0.3, 0.4) is 0 Å². The number of para-hydroxylation sites is 1. The predicted octanol–water partition coefficient (Wildman–Crippen LogP) is 3.64. The molecule has 3 N–H and O–H groups in total. The number of likely N-dealkylation sites (tertiary alicyclic amines) is 1. The van der Waals surface area contributed by atoms with Gasteiger partial charge in [0.05, 0.1) is 18.7 Å². The fourth-order valence-electron chi connectivity index (χ4n) is 4.40. The molecule has 2 aromatic carbocycles. The molecule has 0 aromatic heterocycles. The van der Waals surface area contributed by atoms with Gasteiger partial charge in [-0.05, 0) is 49.7 Å². The quantitative estimate of drug-likeness (QED) is 0.697. The molecule has 1 fully saturated rings. The lowest BCUT2D eigenvalue weighted by molar-refractivity contribution is -0.00739. The average molecular weight is 429 g/mol. The molecular formula is C22H25ClN4O3. The molecule has 7 nitrogen and oxygen atoms in total. The highest BCUT2D eigenvalue weighted by Gasteiger charge is 2.55. The molecule has 0 saturated carbocycles. The maximum Gasteiger partial charge on any atom is 0.326 e. The lowest BCUT2D eigenvalue weighted by atomic mass is 9.72. The van der Waals surface area contributed by atoms with Crippen LogP contribution < -0.4 is 15.5 Å². The van der Waals surface area contributed by atoms with Gasteiger partial charge in [-0.25, -0.2) is 9.59 Å². The smallest absolute Gasteiger partial charge is 0.326 e. The van der Waals surface area contributed by atoms with Crippen molar-refractivity contribution in [2.24, 2.45) is 0 Å². The Morgan fingerprint density at radius 1 is 1.13 bits per heavy atom. The summed E-state index contributed by atoms with van der Waals surface area (Å²) in [5.74, 6) is -0.0105. The first-order valence-corrected chi connectivity index (χ1v) is 10.4. The van der Waals surface area contributed by atoms with Gasteiger partial charge in [-0.1, -0.05) is 29.8 Å². The number of anilines is 2. The number of benzene rings is 2. The molecule has 2 heterocycles. The van der Waals surface area contributed by atoms with Gasteiger partial charge in [0.1, 0.15) is 0 Å². The van der Waals surface area contributed by atoms with Crippen LogP contribution in [0, 0.1) is 0 Å². The van der Waals surface area contributed by atoms with Gasteiger partial charge in [0, 0.05) is 34.9 Å². The first-order valence-electron chi connectivity index (χ1n) is 10.0. The van der Waals surface area contributed by atoms with Crippen LogP contribution in [0.15, 0.2) is 48.5 Å². The van der Waals surface area contributed by atoms with Crippen molar-refractivity contribution in [3.8, 4) is 0 Å². The number of urea groups is 2. The number of fused-ring (bicyclic) bond motifs is 3. The van der Waals surface area contributed by atoms with Crippen LogP contribution >= 0.6 is 11.6 Å². The molecule has 8 heteroatoms. The minimum Gasteiger partial charge on any atom is -0.394 e. The molecule has 1 saturated heterocycles. The molecule has 0 unspecified atom stereocenters. The van der Waals surface area contributed by atoms with Crippen LogP contribution in [-0.2, 0) is 0 Å². The number of halogens is 1. The molecule has 0 bridgehead atoms. The summed E-state index contributed by atoms with van der Waals surface area (Å²) in [5.41, 5.74) is 2.40. The van der Waals surface area contributed by atoms with Gasteiger partial charge >= 0.3 is 12.1 Å². The second-order valence-corrected chi connectivity index (χ2v) is 8.40. The number of amides is 4. The second kappa shape index (κ2) is 8.16. The van der Waals surface area contributed by atoms with E-state index in [0.717, 1.165) is 11.3 Å². The molecule has 0 spiro atoms. The largest absolute Gasteiger partial charge is 0.394 e. The van der Waals surface area contributed by atoms with Crippen molar-refractivity contribution in [3.63, 3.8) is 0 Å². The zero-order chi connectivity index (χ0) is 21.4. The highest BCUT2D eigenvalue weighted by Crippen LogP contribution is 2.48. The highest BCUT2D eigenvalue weighted by atomic mass is 35.5. The van der Waals surface area contributed by atoms with Crippen LogP contribution in [-0.4, -0.2) is 53.3 Å². The zero-order valence-corrected chi connectivity index (χ0v) is 17.6. The molecule has 0 radical (unpaired) electrons. The van der Waals surface area contributed by atoms with Crippen molar-refractivity contribution >= 4 is 35.0 Å². The van der Waals surface area contributed by atoms with Gasteiger partial charge < -0.3 is 20.6 Å². The lowest BCUT2D eigenvalue weighted by Gasteiger charge is -2.58. The van der Waals surface area contributed by atoms with Crippen molar-refractivity contribution in [1.82, 2.24) is 10.2 Å². The van der Waals surface area contributed by atoms with E-state index in [4.69, 9.17) is 11.6 Å². The van der Waals surface area contributed by atoms with Crippen LogP contribution in [0.5, 0.6) is 0 Å². The number of hydrogen-bond acceptors (Lipinski definition) is 3. The Hall–Kier alpha value is -2.77. The maximum absolute atomic E-state index is 13.1. The third-order valence-corrected chi connectivity index (χ3v) is 5.93. The van der Waals surface area contributed by atoms with E-state index >= 15 is 0 Å². The van der Waals surface area contributed by atoms with Gasteiger partial charge in [-0.2, -0.15) is 0 Å². The number of carbonyl (C=O) groups excluding carboxylic acids is 2. The Morgan fingerprint density at radius 3 is 2.50 bits per heavy atom. The Kier molecular flexibility index (Phi) is 5.58. The minimum atomic E-state index is -0.309. The van der Waals surface area contributed by atoms with E-state index in [1.807, 2.05) is 38.1 Å². The van der Waals surface area contributed by atoms with E-state index < -0.39 is 0 Å². The molecule has 2 aliphatic heterocycles. The van der Waals surface area contributed by atoms with Crippen LogP contribution in [0.4, 0.5) is 21.0 Å². The van der Waals surface area contributed by atoms with Crippen LogP contribution in [0.25, 0.3) is 0 Å².